The van der Waals surface area contributed by atoms with E-state index in [1.165, 1.54) is 0 Å². The average Bonchev–Trinajstić information content (AvgIpc) is 2.65. The first-order valence-electron chi connectivity index (χ1n) is 8.17. The molecule has 0 fully saturated rings. The van der Waals surface area contributed by atoms with E-state index >= 15 is 0 Å². The second-order valence-electron chi connectivity index (χ2n) is 5.44. The van der Waals surface area contributed by atoms with Crippen LogP contribution in [0.4, 0.5) is 0 Å². The van der Waals surface area contributed by atoms with Crippen LogP contribution in [0.1, 0.15) is 22.8 Å². The maximum atomic E-state index is 12.2. The van der Waals surface area contributed by atoms with Gasteiger partial charge < -0.3 is 10.1 Å². The van der Waals surface area contributed by atoms with Gasteiger partial charge in [-0.25, -0.2) is 4.79 Å². The molecule has 138 valence electrons. The molecule has 0 radical (unpaired) electrons. The Bertz CT molecular complexity index is 810. The average molecular weight is 394 g/mol. The topological polar surface area (TPSA) is 72.5 Å². The van der Waals surface area contributed by atoms with Gasteiger partial charge in [-0.05, 0) is 36.2 Å². The van der Waals surface area contributed by atoms with Crippen molar-refractivity contribution in [2.45, 2.75) is 18.2 Å². The quantitative estimate of drug-likeness (QED) is 0.700. The summed E-state index contributed by atoms with van der Waals surface area (Å²) < 4.78 is 17.0. The van der Waals surface area contributed by atoms with Crippen LogP contribution in [0, 0.1) is 0 Å². The van der Waals surface area contributed by atoms with Gasteiger partial charge in [0.05, 0.1) is 21.3 Å². The van der Waals surface area contributed by atoms with Gasteiger partial charge in [0.15, 0.2) is 6.61 Å². The monoisotopic (exact) mass is 393 g/mol. The second kappa shape index (κ2) is 10.1. The van der Waals surface area contributed by atoms with E-state index in [9.17, 15) is 13.8 Å². The molecule has 0 aromatic heterocycles. The molecule has 0 bridgehead atoms. The molecular weight excluding hydrogens is 374 g/mol. The van der Waals surface area contributed by atoms with Crippen molar-refractivity contribution >= 4 is 34.3 Å². The summed E-state index contributed by atoms with van der Waals surface area (Å²) >= 11 is 5.91. The molecule has 2 aromatic rings. The number of carbonyl (C=O) groups excluding carboxylic acids is 2. The van der Waals surface area contributed by atoms with Crippen molar-refractivity contribution in [2.24, 2.45) is 0 Å². The lowest BCUT2D eigenvalue weighted by Crippen LogP contribution is -2.30. The number of ether oxygens (including phenoxy) is 1. The van der Waals surface area contributed by atoms with Crippen molar-refractivity contribution in [2.75, 3.05) is 18.9 Å². The SMILES string of the molecule is CC[S@@](=O)c1ccccc1C(=O)OCC(=O)NCCc1cccc(Cl)c1. The summed E-state index contributed by atoms with van der Waals surface area (Å²) in [5, 5.41) is 3.33. The Morgan fingerprint density at radius 2 is 1.92 bits per heavy atom. The molecule has 0 aliphatic heterocycles. The fourth-order valence-corrected chi connectivity index (χ4v) is 3.44. The van der Waals surface area contributed by atoms with E-state index in [4.69, 9.17) is 16.3 Å². The summed E-state index contributed by atoms with van der Waals surface area (Å²) in [6.07, 6.45) is 0.624. The van der Waals surface area contributed by atoms with Crippen LogP contribution in [0.3, 0.4) is 0 Å². The summed E-state index contributed by atoms with van der Waals surface area (Å²) in [6, 6.07) is 13.9. The Morgan fingerprint density at radius 3 is 2.65 bits per heavy atom. The van der Waals surface area contributed by atoms with E-state index in [-0.39, 0.29) is 12.2 Å². The van der Waals surface area contributed by atoms with Gasteiger partial charge in [-0.15, -0.1) is 0 Å². The highest BCUT2D eigenvalue weighted by atomic mass is 35.5. The van der Waals surface area contributed by atoms with Crippen molar-refractivity contribution in [3.63, 3.8) is 0 Å². The summed E-state index contributed by atoms with van der Waals surface area (Å²) in [5.41, 5.74) is 1.23. The van der Waals surface area contributed by atoms with Crippen LogP contribution in [0.5, 0.6) is 0 Å². The number of amides is 1. The van der Waals surface area contributed by atoms with Crippen molar-refractivity contribution in [1.29, 1.82) is 0 Å². The minimum absolute atomic E-state index is 0.222. The normalized spacial score (nSPS) is 11.6. The molecule has 0 unspecified atom stereocenters. The van der Waals surface area contributed by atoms with Crippen molar-refractivity contribution in [3.05, 3.63) is 64.7 Å². The van der Waals surface area contributed by atoms with Crippen LogP contribution < -0.4 is 5.32 Å². The van der Waals surface area contributed by atoms with Crippen molar-refractivity contribution in [3.8, 4) is 0 Å². The molecule has 0 aliphatic carbocycles. The lowest BCUT2D eigenvalue weighted by Gasteiger charge is -2.09. The molecule has 0 aliphatic rings. The molecule has 0 saturated carbocycles. The Kier molecular flexibility index (Phi) is 7.81. The lowest BCUT2D eigenvalue weighted by atomic mass is 10.1. The van der Waals surface area contributed by atoms with Crippen LogP contribution in [0.2, 0.25) is 5.02 Å². The Balaban J connectivity index is 1.82. The molecule has 7 heteroatoms. The number of esters is 1. The number of carbonyl (C=O) groups is 2. The van der Waals surface area contributed by atoms with Crippen LogP contribution in [0.25, 0.3) is 0 Å². The number of halogens is 1. The van der Waals surface area contributed by atoms with Crippen LogP contribution >= 0.6 is 11.6 Å². The smallest absolute Gasteiger partial charge is 0.339 e. The van der Waals surface area contributed by atoms with E-state index < -0.39 is 22.7 Å². The van der Waals surface area contributed by atoms with E-state index in [1.54, 1.807) is 37.3 Å². The highest BCUT2D eigenvalue weighted by Crippen LogP contribution is 2.15. The number of hydrogen-bond donors (Lipinski definition) is 1. The highest BCUT2D eigenvalue weighted by Gasteiger charge is 2.17. The maximum Gasteiger partial charge on any atom is 0.339 e. The Labute approximate surface area is 160 Å². The minimum atomic E-state index is -1.28. The van der Waals surface area contributed by atoms with E-state index in [1.807, 2.05) is 18.2 Å². The predicted molar refractivity (Wildman–Crippen MR) is 102 cm³/mol. The first kappa shape index (κ1) is 20.1. The number of rotatable bonds is 8. The zero-order valence-corrected chi connectivity index (χ0v) is 15.9. The van der Waals surface area contributed by atoms with Crippen LogP contribution in [-0.4, -0.2) is 35.0 Å². The summed E-state index contributed by atoms with van der Waals surface area (Å²) in [5.74, 6) is -0.657. The first-order valence-corrected chi connectivity index (χ1v) is 9.86. The minimum Gasteiger partial charge on any atom is -0.452 e. The van der Waals surface area contributed by atoms with Gasteiger partial charge in [0, 0.05) is 17.3 Å². The van der Waals surface area contributed by atoms with E-state index in [0.29, 0.717) is 28.6 Å². The Hall–Kier alpha value is -2.18. The zero-order valence-electron chi connectivity index (χ0n) is 14.4. The molecule has 0 heterocycles. The third-order valence-electron chi connectivity index (χ3n) is 3.57. The molecule has 1 amide bonds. The van der Waals surface area contributed by atoms with Crippen LogP contribution in [0.15, 0.2) is 53.4 Å². The molecule has 2 rings (SSSR count). The van der Waals surface area contributed by atoms with E-state index in [0.717, 1.165) is 5.56 Å². The third-order valence-corrected chi connectivity index (χ3v) is 5.18. The third kappa shape index (κ3) is 5.97. The fraction of sp³-hybridized carbons (Fsp3) is 0.263. The van der Waals surface area contributed by atoms with Crippen LogP contribution in [-0.2, 0) is 26.8 Å². The Morgan fingerprint density at radius 1 is 1.15 bits per heavy atom. The van der Waals surface area contributed by atoms with Gasteiger partial charge in [-0.3, -0.25) is 9.00 Å². The molecule has 1 atom stereocenters. The summed E-state index contributed by atoms with van der Waals surface area (Å²) in [6.45, 7) is 1.79. The lowest BCUT2D eigenvalue weighted by molar-refractivity contribution is -0.124. The number of nitrogens with one attached hydrogen (secondary N) is 1. The zero-order chi connectivity index (χ0) is 18.9. The fourth-order valence-electron chi connectivity index (χ4n) is 2.29. The predicted octanol–water partition coefficient (Wildman–Crippen LogP) is 2.98. The molecular formula is C19H20ClNO4S. The van der Waals surface area contributed by atoms with Gasteiger partial charge in [-0.2, -0.15) is 0 Å². The molecule has 5 nitrogen and oxygen atoms in total. The van der Waals surface area contributed by atoms with Crippen molar-refractivity contribution < 1.29 is 18.5 Å². The number of benzene rings is 2. The van der Waals surface area contributed by atoms with Gasteiger partial charge in [-0.1, -0.05) is 42.8 Å². The number of hydrogen-bond acceptors (Lipinski definition) is 4. The second-order valence-corrected chi connectivity index (χ2v) is 7.58. The van der Waals surface area contributed by atoms with E-state index in [2.05, 4.69) is 5.32 Å². The molecule has 1 N–H and O–H groups in total. The van der Waals surface area contributed by atoms with Gasteiger partial charge in [0.25, 0.3) is 5.91 Å². The molecule has 26 heavy (non-hydrogen) atoms. The molecule has 0 saturated heterocycles. The summed E-state index contributed by atoms with van der Waals surface area (Å²) in [4.78, 5) is 24.4. The van der Waals surface area contributed by atoms with Crippen molar-refractivity contribution in [1.82, 2.24) is 5.32 Å². The molecule has 2 aromatic carbocycles. The first-order chi connectivity index (χ1) is 12.5. The highest BCUT2D eigenvalue weighted by molar-refractivity contribution is 7.85. The summed E-state index contributed by atoms with van der Waals surface area (Å²) in [7, 11) is -1.28. The van der Waals surface area contributed by atoms with Gasteiger partial charge in [0.1, 0.15) is 0 Å². The van der Waals surface area contributed by atoms with Gasteiger partial charge >= 0.3 is 5.97 Å². The maximum absolute atomic E-state index is 12.2. The standard InChI is InChI=1S/C19H20ClNO4S/c1-2-26(24)17-9-4-3-8-16(17)19(23)25-13-18(22)21-11-10-14-6-5-7-15(20)12-14/h3-9,12H,2,10-11,13H2,1H3,(H,21,22)/t26-/m1/s1. The largest absolute Gasteiger partial charge is 0.452 e. The molecule has 0 spiro atoms. The van der Waals surface area contributed by atoms with Gasteiger partial charge in [0.2, 0.25) is 0 Å².